The van der Waals surface area contributed by atoms with Crippen molar-refractivity contribution in [3.63, 3.8) is 0 Å². The molecule has 1 aromatic rings. The number of aliphatic hydroxyl groups is 1. The van der Waals surface area contributed by atoms with Gasteiger partial charge < -0.3 is 5.11 Å². The van der Waals surface area contributed by atoms with E-state index in [0.29, 0.717) is 5.56 Å². The quantitative estimate of drug-likeness (QED) is 0.862. The molecule has 0 aliphatic carbocycles. The molecule has 3 nitrogen and oxygen atoms in total. The van der Waals surface area contributed by atoms with Crippen LogP contribution in [0.25, 0.3) is 0 Å². The molecule has 1 heterocycles. The minimum Gasteiger partial charge on any atom is -0.390 e. The molecule has 0 aromatic carbocycles. The van der Waals surface area contributed by atoms with Crippen LogP contribution in [-0.4, -0.2) is 10.1 Å². The number of rotatable bonds is 3. The molecular weight excluding hydrogens is 270 g/mol. The fourth-order valence-corrected chi connectivity index (χ4v) is 1.59. The SMILES string of the molecule is N#Cc1c(CBr)cc(C(F)F)nc1CO. The Kier molecular flexibility index (Phi) is 4.12. The molecule has 15 heavy (non-hydrogen) atoms. The van der Waals surface area contributed by atoms with Gasteiger partial charge in [-0.2, -0.15) is 5.26 Å². The molecule has 0 bridgehead atoms. The molecule has 0 fully saturated rings. The number of aliphatic hydroxyl groups excluding tert-OH is 1. The molecule has 0 atom stereocenters. The van der Waals surface area contributed by atoms with Crippen molar-refractivity contribution in [2.45, 2.75) is 18.4 Å². The summed E-state index contributed by atoms with van der Waals surface area (Å²) in [7, 11) is 0. The van der Waals surface area contributed by atoms with E-state index < -0.39 is 18.7 Å². The van der Waals surface area contributed by atoms with E-state index in [-0.39, 0.29) is 16.6 Å². The Labute approximate surface area is 93.5 Å². The molecule has 80 valence electrons. The normalized spacial score (nSPS) is 10.4. The van der Waals surface area contributed by atoms with Crippen LogP contribution in [0.5, 0.6) is 0 Å². The lowest BCUT2D eigenvalue weighted by atomic mass is 10.1. The second-order valence-corrected chi connectivity index (χ2v) is 3.29. The van der Waals surface area contributed by atoms with Crippen molar-refractivity contribution >= 4 is 15.9 Å². The van der Waals surface area contributed by atoms with Gasteiger partial charge in [0.2, 0.25) is 0 Å². The zero-order chi connectivity index (χ0) is 11.4. The van der Waals surface area contributed by atoms with E-state index in [1.165, 1.54) is 0 Å². The zero-order valence-electron chi connectivity index (χ0n) is 7.54. The average molecular weight is 277 g/mol. The molecule has 0 spiro atoms. The van der Waals surface area contributed by atoms with Gasteiger partial charge in [-0.15, -0.1) is 0 Å². The highest BCUT2D eigenvalue weighted by Crippen LogP contribution is 2.23. The van der Waals surface area contributed by atoms with Crippen LogP contribution in [0.1, 0.15) is 28.9 Å². The second-order valence-electron chi connectivity index (χ2n) is 2.73. The third-order valence-corrected chi connectivity index (χ3v) is 2.43. The van der Waals surface area contributed by atoms with E-state index >= 15 is 0 Å². The van der Waals surface area contributed by atoms with E-state index in [2.05, 4.69) is 20.9 Å². The molecule has 0 unspecified atom stereocenters. The Balaban J connectivity index is 3.37. The number of halogens is 3. The molecular formula is C9H7BrF2N2O. The molecule has 0 aliphatic heterocycles. The largest absolute Gasteiger partial charge is 0.390 e. The van der Waals surface area contributed by atoms with Gasteiger partial charge in [-0.3, -0.25) is 0 Å². The minimum absolute atomic E-state index is 0.00949. The van der Waals surface area contributed by atoms with Crippen LogP contribution in [0, 0.1) is 11.3 Å². The van der Waals surface area contributed by atoms with Gasteiger partial charge in [-0.1, -0.05) is 15.9 Å². The molecule has 6 heteroatoms. The molecule has 1 N–H and O–H groups in total. The van der Waals surface area contributed by atoms with E-state index in [1.807, 2.05) is 6.07 Å². The van der Waals surface area contributed by atoms with Crippen LogP contribution >= 0.6 is 15.9 Å². The predicted octanol–water partition coefficient (Wildman–Crippen LogP) is 2.28. The lowest BCUT2D eigenvalue weighted by Crippen LogP contribution is -2.03. The summed E-state index contributed by atoms with van der Waals surface area (Å²) in [5.41, 5.74) is 0.128. The smallest absolute Gasteiger partial charge is 0.280 e. The maximum absolute atomic E-state index is 12.4. The van der Waals surface area contributed by atoms with Crippen molar-refractivity contribution in [1.29, 1.82) is 5.26 Å². The van der Waals surface area contributed by atoms with Crippen molar-refractivity contribution in [2.75, 3.05) is 0 Å². The number of pyridine rings is 1. The minimum atomic E-state index is -2.71. The van der Waals surface area contributed by atoms with Gasteiger partial charge in [0.1, 0.15) is 11.8 Å². The highest BCUT2D eigenvalue weighted by Gasteiger charge is 2.16. The van der Waals surface area contributed by atoms with Gasteiger partial charge >= 0.3 is 0 Å². The second kappa shape index (κ2) is 5.14. The van der Waals surface area contributed by atoms with Gasteiger partial charge in [0.05, 0.1) is 17.9 Å². The first kappa shape index (κ1) is 12.0. The van der Waals surface area contributed by atoms with Gasteiger partial charge in [0.15, 0.2) is 0 Å². The Morgan fingerprint density at radius 2 is 2.27 bits per heavy atom. The number of nitrogens with zero attached hydrogens (tertiary/aromatic N) is 2. The first-order valence-electron chi connectivity index (χ1n) is 4.01. The highest BCUT2D eigenvalue weighted by molar-refractivity contribution is 9.08. The maximum Gasteiger partial charge on any atom is 0.280 e. The van der Waals surface area contributed by atoms with Gasteiger partial charge in [-0.05, 0) is 11.6 Å². The lowest BCUT2D eigenvalue weighted by Gasteiger charge is -2.08. The summed E-state index contributed by atoms with van der Waals surface area (Å²) in [6, 6.07) is 3.00. The van der Waals surface area contributed by atoms with Crippen LogP contribution in [0.3, 0.4) is 0 Å². The topological polar surface area (TPSA) is 56.9 Å². The van der Waals surface area contributed by atoms with Crippen LogP contribution < -0.4 is 0 Å². The fraction of sp³-hybridized carbons (Fsp3) is 0.333. The lowest BCUT2D eigenvalue weighted by molar-refractivity contribution is 0.145. The van der Waals surface area contributed by atoms with Gasteiger partial charge in [-0.25, -0.2) is 13.8 Å². The van der Waals surface area contributed by atoms with Crippen molar-refractivity contribution in [1.82, 2.24) is 4.98 Å². The van der Waals surface area contributed by atoms with Crippen molar-refractivity contribution in [2.24, 2.45) is 0 Å². The van der Waals surface area contributed by atoms with Crippen molar-refractivity contribution in [3.8, 4) is 6.07 Å². The highest BCUT2D eigenvalue weighted by atomic mass is 79.9. The Bertz CT molecular complexity index is 379. The van der Waals surface area contributed by atoms with Crippen molar-refractivity contribution < 1.29 is 13.9 Å². The summed E-state index contributed by atoms with van der Waals surface area (Å²) < 4.78 is 24.8. The summed E-state index contributed by atoms with van der Waals surface area (Å²) >= 11 is 3.09. The van der Waals surface area contributed by atoms with Gasteiger partial charge in [0.25, 0.3) is 6.43 Å². The summed E-state index contributed by atoms with van der Waals surface area (Å²) in [6.07, 6.45) is -2.71. The summed E-state index contributed by atoms with van der Waals surface area (Å²) in [5, 5.41) is 18.0. The maximum atomic E-state index is 12.4. The average Bonchev–Trinajstić information content (AvgIpc) is 2.26. The van der Waals surface area contributed by atoms with E-state index in [0.717, 1.165) is 6.07 Å². The third kappa shape index (κ3) is 2.49. The van der Waals surface area contributed by atoms with Crippen LogP contribution in [0.4, 0.5) is 8.78 Å². The zero-order valence-corrected chi connectivity index (χ0v) is 9.13. The first-order valence-corrected chi connectivity index (χ1v) is 5.14. The van der Waals surface area contributed by atoms with E-state index in [9.17, 15) is 8.78 Å². The Morgan fingerprint density at radius 3 is 2.67 bits per heavy atom. The fourth-order valence-electron chi connectivity index (χ4n) is 1.15. The number of hydrogen-bond donors (Lipinski definition) is 1. The number of hydrogen-bond acceptors (Lipinski definition) is 3. The number of nitriles is 1. The molecule has 0 radical (unpaired) electrons. The number of aromatic nitrogens is 1. The Hall–Kier alpha value is -1.06. The summed E-state index contributed by atoms with van der Waals surface area (Å²) in [4.78, 5) is 3.53. The summed E-state index contributed by atoms with van der Waals surface area (Å²) in [6.45, 7) is -0.524. The van der Waals surface area contributed by atoms with Crippen LogP contribution in [-0.2, 0) is 11.9 Å². The van der Waals surface area contributed by atoms with E-state index in [1.54, 1.807) is 0 Å². The molecule has 0 saturated heterocycles. The molecule has 1 rings (SSSR count). The standard InChI is InChI=1S/C9H7BrF2N2O/c10-2-5-1-7(9(11)12)14-8(4-15)6(5)3-13/h1,9,15H,2,4H2. The monoisotopic (exact) mass is 276 g/mol. The van der Waals surface area contributed by atoms with Crippen molar-refractivity contribution in [3.05, 3.63) is 28.6 Å². The Morgan fingerprint density at radius 1 is 1.60 bits per heavy atom. The predicted molar refractivity (Wildman–Crippen MR) is 52.5 cm³/mol. The third-order valence-electron chi connectivity index (χ3n) is 1.82. The summed E-state index contributed by atoms with van der Waals surface area (Å²) in [5.74, 6) is 0. The first-order chi connectivity index (χ1) is 7.13. The molecule has 0 amide bonds. The van der Waals surface area contributed by atoms with Crippen LogP contribution in [0.2, 0.25) is 0 Å². The molecule has 0 saturated carbocycles. The molecule has 1 aromatic heterocycles. The molecule has 0 aliphatic rings. The van der Waals surface area contributed by atoms with E-state index in [4.69, 9.17) is 10.4 Å². The van der Waals surface area contributed by atoms with Crippen LogP contribution in [0.15, 0.2) is 6.07 Å². The van der Waals surface area contributed by atoms with Gasteiger partial charge in [0, 0.05) is 5.33 Å². The number of alkyl halides is 3.